The number of hydrogen-bond donors (Lipinski definition) is 1. The second kappa shape index (κ2) is 9.03. The summed E-state index contributed by atoms with van der Waals surface area (Å²) in [5.41, 5.74) is 3.58. The Balaban J connectivity index is 1.48. The van der Waals surface area contributed by atoms with Crippen LogP contribution in [-0.4, -0.2) is 46.8 Å². The van der Waals surface area contributed by atoms with Crippen LogP contribution in [0.4, 0.5) is 24.5 Å². The molecule has 1 aliphatic rings. The van der Waals surface area contributed by atoms with Gasteiger partial charge in [-0.1, -0.05) is 12.1 Å². The van der Waals surface area contributed by atoms with E-state index in [1.165, 1.54) is 12.1 Å². The van der Waals surface area contributed by atoms with E-state index >= 15 is 0 Å². The van der Waals surface area contributed by atoms with Crippen molar-refractivity contribution in [3.63, 3.8) is 0 Å². The van der Waals surface area contributed by atoms with Gasteiger partial charge < -0.3 is 15.0 Å². The molecular formula is C25H22F3N5O2. The lowest BCUT2D eigenvalue weighted by molar-refractivity contribution is -0.137. The van der Waals surface area contributed by atoms with Gasteiger partial charge in [-0.3, -0.25) is 4.79 Å². The van der Waals surface area contributed by atoms with Crippen LogP contribution in [0.25, 0.3) is 16.9 Å². The molecule has 1 aliphatic heterocycles. The molecule has 10 heteroatoms. The molecule has 0 atom stereocenters. The van der Waals surface area contributed by atoms with Crippen LogP contribution >= 0.6 is 0 Å². The monoisotopic (exact) mass is 481 g/mol. The van der Waals surface area contributed by atoms with Gasteiger partial charge in [0.25, 0.3) is 5.91 Å². The molecule has 1 N–H and O–H groups in total. The predicted octanol–water partition coefficient (Wildman–Crippen LogP) is 4.81. The third-order valence-corrected chi connectivity index (χ3v) is 5.91. The summed E-state index contributed by atoms with van der Waals surface area (Å²) >= 11 is 0. The number of imidazole rings is 1. The zero-order chi connectivity index (χ0) is 24.6. The number of halogens is 3. The van der Waals surface area contributed by atoms with Crippen LogP contribution in [0.1, 0.15) is 21.5 Å². The summed E-state index contributed by atoms with van der Waals surface area (Å²) in [4.78, 5) is 19.3. The maximum absolute atomic E-state index is 13.0. The average Bonchev–Trinajstić information content (AvgIpc) is 3.33. The Morgan fingerprint density at radius 1 is 1.09 bits per heavy atom. The van der Waals surface area contributed by atoms with Gasteiger partial charge in [-0.05, 0) is 48.9 Å². The van der Waals surface area contributed by atoms with E-state index < -0.39 is 17.6 Å². The van der Waals surface area contributed by atoms with Crippen LogP contribution in [-0.2, 0) is 10.9 Å². The highest BCUT2D eigenvalue weighted by atomic mass is 19.4. The normalized spacial score (nSPS) is 14.3. The van der Waals surface area contributed by atoms with E-state index in [9.17, 15) is 18.0 Å². The highest BCUT2D eigenvalue weighted by Gasteiger charge is 2.31. The first-order valence-electron chi connectivity index (χ1n) is 11.1. The molecule has 5 rings (SSSR count). The number of carbonyl (C=O) groups excluding carboxylic acids is 1. The molecule has 180 valence electrons. The predicted molar refractivity (Wildman–Crippen MR) is 126 cm³/mol. The zero-order valence-electron chi connectivity index (χ0n) is 18.8. The Kier molecular flexibility index (Phi) is 5.89. The lowest BCUT2D eigenvalue weighted by atomic mass is 10.0. The molecule has 0 aliphatic carbocycles. The van der Waals surface area contributed by atoms with Crippen molar-refractivity contribution in [2.24, 2.45) is 0 Å². The number of nitrogens with zero attached hydrogens (tertiary/aromatic N) is 4. The first-order chi connectivity index (χ1) is 16.8. The minimum Gasteiger partial charge on any atom is -0.378 e. The second-order valence-corrected chi connectivity index (χ2v) is 8.27. The van der Waals surface area contributed by atoms with Crippen molar-refractivity contribution >= 4 is 22.9 Å². The van der Waals surface area contributed by atoms with E-state index in [1.54, 1.807) is 29.0 Å². The van der Waals surface area contributed by atoms with Crippen LogP contribution in [0, 0.1) is 6.92 Å². The molecule has 4 aromatic rings. The zero-order valence-corrected chi connectivity index (χ0v) is 18.8. The number of aryl methyl sites for hydroxylation is 1. The molecule has 35 heavy (non-hydrogen) atoms. The van der Waals surface area contributed by atoms with Gasteiger partial charge in [0.05, 0.1) is 30.2 Å². The molecule has 0 bridgehead atoms. The lowest BCUT2D eigenvalue weighted by Crippen LogP contribution is -2.36. The van der Waals surface area contributed by atoms with Crippen molar-refractivity contribution in [2.75, 3.05) is 36.5 Å². The fraction of sp³-hybridized carbons (Fsp3) is 0.240. The van der Waals surface area contributed by atoms with E-state index in [-0.39, 0.29) is 5.56 Å². The minimum atomic E-state index is -4.52. The summed E-state index contributed by atoms with van der Waals surface area (Å²) in [6.45, 7) is 4.65. The summed E-state index contributed by atoms with van der Waals surface area (Å²) in [6.07, 6.45) is -1.06. The summed E-state index contributed by atoms with van der Waals surface area (Å²) in [7, 11) is 0. The first-order valence-corrected chi connectivity index (χ1v) is 11.1. The Labute approximate surface area is 199 Å². The Morgan fingerprint density at radius 3 is 2.66 bits per heavy atom. The van der Waals surface area contributed by atoms with E-state index in [4.69, 9.17) is 9.84 Å². The maximum Gasteiger partial charge on any atom is 0.416 e. The molecule has 7 nitrogen and oxygen atoms in total. The largest absolute Gasteiger partial charge is 0.416 e. The smallest absolute Gasteiger partial charge is 0.378 e. The van der Waals surface area contributed by atoms with Gasteiger partial charge in [0, 0.05) is 42.3 Å². The van der Waals surface area contributed by atoms with Crippen LogP contribution in [0.5, 0.6) is 0 Å². The van der Waals surface area contributed by atoms with Gasteiger partial charge in [-0.25, -0.2) is 9.50 Å². The number of morpholine rings is 1. The number of aromatic nitrogens is 3. The van der Waals surface area contributed by atoms with Crippen molar-refractivity contribution < 1.29 is 22.7 Å². The molecule has 0 unspecified atom stereocenters. The van der Waals surface area contributed by atoms with Crippen molar-refractivity contribution in [1.82, 2.24) is 14.6 Å². The van der Waals surface area contributed by atoms with Gasteiger partial charge in [0.2, 0.25) is 0 Å². The Hall–Kier alpha value is -3.92. The van der Waals surface area contributed by atoms with Gasteiger partial charge in [-0.2, -0.15) is 18.3 Å². The van der Waals surface area contributed by atoms with Crippen molar-refractivity contribution in [3.05, 3.63) is 77.6 Å². The summed E-state index contributed by atoms with van der Waals surface area (Å²) < 4.78 is 46.3. The number of anilines is 2. The average molecular weight is 481 g/mol. The lowest BCUT2D eigenvalue weighted by Gasteiger charge is -2.29. The SMILES string of the molecule is Cc1ccc(NC(=O)c2cccc(C(F)(F)F)c2)cc1-c1cc(N2CCOCC2)c2nccn2n1. The molecule has 3 heterocycles. The quantitative estimate of drug-likeness (QED) is 0.453. The number of fused-ring (bicyclic) bond motifs is 1. The van der Waals surface area contributed by atoms with Crippen LogP contribution in [0.2, 0.25) is 0 Å². The summed E-state index contributed by atoms with van der Waals surface area (Å²) in [5.74, 6) is -0.627. The fourth-order valence-corrected chi connectivity index (χ4v) is 4.08. The van der Waals surface area contributed by atoms with Crippen molar-refractivity contribution in [1.29, 1.82) is 0 Å². The second-order valence-electron chi connectivity index (χ2n) is 8.27. The molecule has 1 saturated heterocycles. The number of carbonyl (C=O) groups is 1. The number of rotatable bonds is 4. The van der Waals surface area contributed by atoms with E-state index in [2.05, 4.69) is 15.2 Å². The molecule has 0 spiro atoms. The minimum absolute atomic E-state index is 0.0745. The third-order valence-electron chi connectivity index (χ3n) is 5.91. The van der Waals surface area contributed by atoms with Gasteiger partial charge >= 0.3 is 6.18 Å². The van der Waals surface area contributed by atoms with Crippen LogP contribution < -0.4 is 10.2 Å². The van der Waals surface area contributed by atoms with Crippen LogP contribution in [0.15, 0.2) is 60.9 Å². The van der Waals surface area contributed by atoms with E-state index in [0.717, 1.165) is 47.7 Å². The van der Waals surface area contributed by atoms with Crippen molar-refractivity contribution in [2.45, 2.75) is 13.1 Å². The van der Waals surface area contributed by atoms with Gasteiger partial charge in [0.15, 0.2) is 5.65 Å². The number of nitrogens with one attached hydrogen (secondary N) is 1. The molecule has 2 aromatic heterocycles. The standard InChI is InChI=1S/C25H22F3N5O2/c1-16-5-6-19(30-24(34)17-3-2-4-18(13-17)25(26,27)28)14-20(16)21-15-22(32-9-11-35-12-10-32)23-29-7-8-33(23)31-21/h2-8,13-15H,9-12H2,1H3,(H,30,34). The highest BCUT2D eigenvalue weighted by molar-refractivity contribution is 6.04. The number of ether oxygens (including phenoxy) is 1. The summed E-state index contributed by atoms with van der Waals surface area (Å²) in [6, 6.07) is 11.6. The fourth-order valence-electron chi connectivity index (χ4n) is 4.08. The number of alkyl halides is 3. The maximum atomic E-state index is 13.0. The Bertz CT molecular complexity index is 1390. The molecule has 0 radical (unpaired) electrons. The van der Waals surface area contributed by atoms with E-state index in [0.29, 0.717) is 24.6 Å². The highest BCUT2D eigenvalue weighted by Crippen LogP contribution is 2.32. The topological polar surface area (TPSA) is 71.8 Å². The molecule has 1 fully saturated rings. The van der Waals surface area contributed by atoms with Crippen LogP contribution in [0.3, 0.4) is 0 Å². The number of amides is 1. The molecule has 1 amide bonds. The molecular weight excluding hydrogens is 459 g/mol. The third kappa shape index (κ3) is 4.69. The van der Waals surface area contributed by atoms with Crippen molar-refractivity contribution in [3.8, 4) is 11.3 Å². The molecule has 0 saturated carbocycles. The van der Waals surface area contributed by atoms with Gasteiger partial charge in [-0.15, -0.1) is 0 Å². The first kappa shape index (κ1) is 22.9. The number of benzene rings is 2. The number of hydrogen-bond acceptors (Lipinski definition) is 5. The summed E-state index contributed by atoms with van der Waals surface area (Å²) in [5, 5.41) is 7.40. The van der Waals surface area contributed by atoms with Gasteiger partial charge in [0.1, 0.15) is 0 Å². The molecule has 2 aromatic carbocycles. The Morgan fingerprint density at radius 2 is 1.89 bits per heavy atom. The van der Waals surface area contributed by atoms with E-state index in [1.807, 2.05) is 19.1 Å².